The number of benzene rings is 1. The minimum Gasteiger partial charge on any atom is -0.497 e. The van der Waals surface area contributed by atoms with Gasteiger partial charge in [0.1, 0.15) is 5.75 Å². The Labute approximate surface area is 155 Å². The van der Waals surface area contributed by atoms with Gasteiger partial charge >= 0.3 is 5.97 Å². The Balaban J connectivity index is 2.35. The zero-order valence-corrected chi connectivity index (χ0v) is 16.3. The van der Waals surface area contributed by atoms with E-state index < -0.39 is 15.4 Å². The number of rotatable bonds is 8. The summed E-state index contributed by atoms with van der Waals surface area (Å²) >= 11 is 0. The molecule has 0 unspecified atom stereocenters. The highest BCUT2D eigenvalue weighted by molar-refractivity contribution is 7.89. The number of hydrogen-bond donors (Lipinski definition) is 0. The molecule has 0 radical (unpaired) electrons. The minimum absolute atomic E-state index is 0.124. The molecule has 1 aromatic carbocycles. The molecule has 0 aliphatic carbocycles. The zero-order valence-electron chi connectivity index (χ0n) is 15.4. The summed E-state index contributed by atoms with van der Waals surface area (Å²) in [6.07, 6.45) is 2.98. The molecule has 2 rings (SSSR count). The lowest BCUT2D eigenvalue weighted by Gasteiger charge is -2.40. The molecular weight excluding hydrogens is 354 g/mol. The lowest BCUT2D eigenvalue weighted by molar-refractivity contribution is -0.157. The fraction of sp³-hybridized carbons (Fsp3) is 0.526. The second-order valence-corrected chi connectivity index (χ2v) is 8.55. The van der Waals surface area contributed by atoms with Crippen molar-refractivity contribution in [3.63, 3.8) is 0 Å². The molecule has 7 heteroatoms. The molecule has 26 heavy (non-hydrogen) atoms. The Kier molecular flexibility index (Phi) is 6.83. The van der Waals surface area contributed by atoms with Crippen LogP contribution in [-0.4, -0.2) is 51.3 Å². The number of sulfonamides is 1. The molecule has 0 spiro atoms. The van der Waals surface area contributed by atoms with Crippen LogP contribution in [-0.2, 0) is 26.0 Å². The van der Waals surface area contributed by atoms with Crippen molar-refractivity contribution in [2.75, 3.05) is 32.6 Å². The van der Waals surface area contributed by atoms with Crippen LogP contribution in [0.1, 0.15) is 25.3 Å². The van der Waals surface area contributed by atoms with Gasteiger partial charge in [-0.15, -0.1) is 6.58 Å². The van der Waals surface area contributed by atoms with Crippen molar-refractivity contribution in [2.45, 2.75) is 26.2 Å². The summed E-state index contributed by atoms with van der Waals surface area (Å²) in [6, 6.07) is 7.49. The molecule has 1 aliphatic rings. The summed E-state index contributed by atoms with van der Waals surface area (Å²) in [7, 11) is -1.89. The standard InChI is InChI=1S/C19H27NO5S/c1-4-12-26(22,23)20-11-7-10-19(15-20,18(21)25-5-2)14-16-8-6-9-17(13-16)24-3/h4,6,8-9,13H,1,5,7,10-12,14-15H2,2-3H3/t19-/m1/s1. The predicted octanol–water partition coefficient (Wildman–Crippen LogP) is 2.40. The van der Waals surface area contributed by atoms with Gasteiger partial charge in [-0.2, -0.15) is 0 Å². The van der Waals surface area contributed by atoms with E-state index in [0.29, 0.717) is 31.6 Å². The number of ether oxygens (including phenoxy) is 2. The van der Waals surface area contributed by atoms with Crippen molar-refractivity contribution in [1.82, 2.24) is 4.31 Å². The topological polar surface area (TPSA) is 72.9 Å². The summed E-state index contributed by atoms with van der Waals surface area (Å²) in [5, 5.41) is 0. The molecule has 0 bridgehead atoms. The van der Waals surface area contributed by atoms with Crippen molar-refractivity contribution in [1.29, 1.82) is 0 Å². The van der Waals surface area contributed by atoms with Gasteiger partial charge in [-0.25, -0.2) is 12.7 Å². The van der Waals surface area contributed by atoms with Gasteiger partial charge in [0.15, 0.2) is 0 Å². The van der Waals surface area contributed by atoms with Crippen molar-refractivity contribution in [2.24, 2.45) is 5.41 Å². The van der Waals surface area contributed by atoms with E-state index in [9.17, 15) is 13.2 Å². The molecular formula is C19H27NO5S. The fourth-order valence-electron chi connectivity index (χ4n) is 3.42. The van der Waals surface area contributed by atoms with Gasteiger partial charge in [0.05, 0.1) is 24.9 Å². The fourth-order valence-corrected chi connectivity index (χ4v) is 4.78. The Morgan fingerprint density at radius 2 is 2.19 bits per heavy atom. The maximum atomic E-state index is 12.8. The van der Waals surface area contributed by atoms with E-state index >= 15 is 0 Å². The lowest BCUT2D eigenvalue weighted by atomic mass is 9.75. The van der Waals surface area contributed by atoms with Gasteiger partial charge in [0.25, 0.3) is 0 Å². The van der Waals surface area contributed by atoms with Crippen molar-refractivity contribution in [3.05, 3.63) is 42.5 Å². The summed E-state index contributed by atoms with van der Waals surface area (Å²) in [6.45, 7) is 6.07. The SMILES string of the molecule is C=CCS(=O)(=O)N1CCC[C@](Cc2cccc(OC)c2)(C(=O)OCC)C1. The van der Waals surface area contributed by atoms with E-state index in [4.69, 9.17) is 9.47 Å². The number of piperidine rings is 1. The summed E-state index contributed by atoms with van der Waals surface area (Å²) in [5.41, 5.74) is 0.0230. The first-order valence-electron chi connectivity index (χ1n) is 8.76. The molecule has 0 aromatic heterocycles. The van der Waals surface area contributed by atoms with Crippen LogP contribution < -0.4 is 4.74 Å². The van der Waals surface area contributed by atoms with Crippen LogP contribution in [0.25, 0.3) is 0 Å². The summed E-state index contributed by atoms with van der Waals surface area (Å²) in [4.78, 5) is 12.8. The van der Waals surface area contributed by atoms with E-state index in [-0.39, 0.29) is 24.9 Å². The first-order valence-corrected chi connectivity index (χ1v) is 10.4. The number of hydrogen-bond acceptors (Lipinski definition) is 5. The number of methoxy groups -OCH3 is 1. The van der Waals surface area contributed by atoms with E-state index in [1.165, 1.54) is 10.4 Å². The molecule has 1 aliphatic heterocycles. The van der Waals surface area contributed by atoms with Crippen LogP contribution in [0, 0.1) is 5.41 Å². The lowest BCUT2D eigenvalue weighted by Crippen LogP contribution is -2.52. The van der Waals surface area contributed by atoms with Gasteiger partial charge in [0.2, 0.25) is 10.0 Å². The van der Waals surface area contributed by atoms with E-state index in [1.54, 1.807) is 14.0 Å². The first kappa shape index (κ1) is 20.5. The molecule has 0 saturated carbocycles. The normalized spacial score (nSPS) is 21.2. The summed E-state index contributed by atoms with van der Waals surface area (Å²) < 4.78 is 37.0. The highest BCUT2D eigenvalue weighted by atomic mass is 32.2. The molecule has 1 heterocycles. The van der Waals surface area contributed by atoms with Gasteiger partial charge in [-0.1, -0.05) is 18.2 Å². The van der Waals surface area contributed by atoms with E-state index in [0.717, 1.165) is 5.56 Å². The predicted molar refractivity (Wildman–Crippen MR) is 101 cm³/mol. The number of nitrogens with zero attached hydrogens (tertiary/aromatic N) is 1. The third-order valence-corrected chi connectivity index (χ3v) is 6.40. The molecule has 144 valence electrons. The van der Waals surface area contributed by atoms with E-state index in [1.807, 2.05) is 24.3 Å². The van der Waals surface area contributed by atoms with Crippen molar-refractivity contribution < 1.29 is 22.7 Å². The van der Waals surface area contributed by atoms with Crippen LogP contribution in [0.3, 0.4) is 0 Å². The van der Waals surface area contributed by atoms with Crippen LogP contribution in [0.4, 0.5) is 0 Å². The number of carbonyl (C=O) groups is 1. The zero-order chi connectivity index (χ0) is 19.2. The molecule has 6 nitrogen and oxygen atoms in total. The van der Waals surface area contributed by atoms with Crippen LogP contribution in [0.15, 0.2) is 36.9 Å². The largest absolute Gasteiger partial charge is 0.497 e. The second kappa shape index (κ2) is 8.68. The minimum atomic E-state index is -3.48. The van der Waals surface area contributed by atoms with Gasteiger partial charge in [-0.05, 0) is 43.9 Å². The van der Waals surface area contributed by atoms with E-state index in [2.05, 4.69) is 6.58 Å². The second-order valence-electron chi connectivity index (χ2n) is 6.53. The van der Waals surface area contributed by atoms with Gasteiger partial charge in [-0.3, -0.25) is 4.79 Å². The smallest absolute Gasteiger partial charge is 0.313 e. The van der Waals surface area contributed by atoms with Gasteiger partial charge < -0.3 is 9.47 Å². The number of esters is 1. The molecule has 1 atom stereocenters. The third-order valence-electron chi connectivity index (χ3n) is 4.65. The Bertz CT molecular complexity index is 746. The highest BCUT2D eigenvalue weighted by Crippen LogP contribution is 2.37. The van der Waals surface area contributed by atoms with Crippen LogP contribution >= 0.6 is 0 Å². The Hall–Kier alpha value is -1.86. The van der Waals surface area contributed by atoms with Crippen molar-refractivity contribution in [3.8, 4) is 5.75 Å². The molecule has 1 aromatic rings. The number of carbonyl (C=O) groups excluding carboxylic acids is 1. The molecule has 1 saturated heterocycles. The van der Waals surface area contributed by atoms with Gasteiger partial charge in [0, 0.05) is 13.1 Å². The molecule has 0 N–H and O–H groups in total. The first-order chi connectivity index (χ1) is 12.4. The van der Waals surface area contributed by atoms with Crippen molar-refractivity contribution >= 4 is 16.0 Å². The monoisotopic (exact) mass is 381 g/mol. The van der Waals surface area contributed by atoms with Crippen LogP contribution in [0.2, 0.25) is 0 Å². The molecule has 1 fully saturated rings. The average molecular weight is 381 g/mol. The average Bonchev–Trinajstić information content (AvgIpc) is 2.62. The van der Waals surface area contributed by atoms with Crippen LogP contribution in [0.5, 0.6) is 5.75 Å². The third kappa shape index (κ3) is 4.65. The summed E-state index contributed by atoms with van der Waals surface area (Å²) in [5.74, 6) is 0.222. The maximum absolute atomic E-state index is 12.8. The quantitative estimate of drug-likeness (QED) is 0.511. The highest BCUT2D eigenvalue weighted by Gasteiger charge is 2.46. The Morgan fingerprint density at radius 3 is 2.85 bits per heavy atom. The Morgan fingerprint density at radius 1 is 1.42 bits per heavy atom. The maximum Gasteiger partial charge on any atom is 0.313 e. The molecule has 0 amide bonds.